The van der Waals surface area contributed by atoms with Gasteiger partial charge < -0.3 is 0 Å². The molecular formula is C18H18BrN3O2S. The van der Waals surface area contributed by atoms with Crippen LogP contribution in [-0.2, 0) is 23.0 Å². The fourth-order valence-corrected chi connectivity index (χ4v) is 3.84. The van der Waals surface area contributed by atoms with Crippen molar-refractivity contribution in [2.45, 2.75) is 24.8 Å². The molecule has 5 nitrogen and oxygen atoms in total. The molecule has 0 aliphatic rings. The van der Waals surface area contributed by atoms with Gasteiger partial charge in [0.15, 0.2) is 0 Å². The van der Waals surface area contributed by atoms with Crippen LogP contribution in [0.5, 0.6) is 0 Å². The van der Waals surface area contributed by atoms with Crippen LogP contribution < -0.4 is 4.72 Å². The third kappa shape index (κ3) is 4.49. The van der Waals surface area contributed by atoms with Crippen LogP contribution in [0, 0.1) is 0 Å². The first-order chi connectivity index (χ1) is 12.0. The summed E-state index contributed by atoms with van der Waals surface area (Å²) in [4.78, 5) is 0.256. The number of hydrogen-bond acceptors (Lipinski definition) is 3. The lowest BCUT2D eigenvalue weighted by Crippen LogP contribution is -2.13. The van der Waals surface area contributed by atoms with E-state index >= 15 is 0 Å². The van der Waals surface area contributed by atoms with E-state index < -0.39 is 10.0 Å². The number of sulfonamides is 1. The summed E-state index contributed by atoms with van der Waals surface area (Å²) >= 11 is 3.36. The van der Waals surface area contributed by atoms with Gasteiger partial charge >= 0.3 is 0 Å². The molecule has 1 heterocycles. The first kappa shape index (κ1) is 17.7. The molecule has 2 aromatic carbocycles. The predicted octanol–water partition coefficient (Wildman–Crippen LogP) is 4.06. The Labute approximate surface area is 155 Å². The molecule has 0 aliphatic heterocycles. The average Bonchev–Trinajstić information content (AvgIpc) is 2.99. The first-order valence-electron chi connectivity index (χ1n) is 7.85. The fourth-order valence-electron chi connectivity index (χ4n) is 2.46. The van der Waals surface area contributed by atoms with Gasteiger partial charge in [-0.15, -0.1) is 0 Å². The van der Waals surface area contributed by atoms with Crippen molar-refractivity contribution in [2.24, 2.45) is 0 Å². The number of anilines is 1. The van der Waals surface area contributed by atoms with Crippen molar-refractivity contribution in [3.63, 3.8) is 0 Å². The summed E-state index contributed by atoms with van der Waals surface area (Å²) in [5.74, 6) is 0. The molecule has 0 atom stereocenters. The Hall–Kier alpha value is -2.12. The number of halogens is 1. The summed E-state index contributed by atoms with van der Waals surface area (Å²) in [6.07, 6.45) is 4.46. The SMILES string of the molecule is CCc1ccc(S(=O)(=O)Nc2cccc(Cn3cc(Br)cn3)c2)cc1. The van der Waals surface area contributed by atoms with Crippen LogP contribution in [0.3, 0.4) is 0 Å². The minimum absolute atomic E-state index is 0.256. The van der Waals surface area contributed by atoms with Gasteiger partial charge in [-0.05, 0) is 57.7 Å². The molecule has 0 radical (unpaired) electrons. The summed E-state index contributed by atoms with van der Waals surface area (Å²) in [5, 5.41) is 4.21. The molecule has 1 aromatic heterocycles. The van der Waals surface area contributed by atoms with E-state index in [1.165, 1.54) is 0 Å². The molecular weight excluding hydrogens is 402 g/mol. The Morgan fingerprint density at radius 1 is 1.12 bits per heavy atom. The van der Waals surface area contributed by atoms with Gasteiger partial charge in [0.1, 0.15) is 0 Å². The Morgan fingerprint density at radius 3 is 2.52 bits per heavy atom. The van der Waals surface area contributed by atoms with Gasteiger partial charge in [0.2, 0.25) is 0 Å². The van der Waals surface area contributed by atoms with E-state index in [1.54, 1.807) is 29.1 Å². The van der Waals surface area contributed by atoms with E-state index in [9.17, 15) is 8.42 Å². The van der Waals surface area contributed by atoms with Crippen molar-refractivity contribution in [3.05, 3.63) is 76.5 Å². The predicted molar refractivity (Wildman–Crippen MR) is 102 cm³/mol. The van der Waals surface area contributed by atoms with Gasteiger partial charge in [-0.25, -0.2) is 8.42 Å². The molecule has 0 spiro atoms. The number of nitrogens with one attached hydrogen (secondary N) is 1. The van der Waals surface area contributed by atoms with Crippen molar-refractivity contribution in [3.8, 4) is 0 Å². The largest absolute Gasteiger partial charge is 0.280 e. The Kier molecular flexibility index (Phi) is 5.24. The summed E-state index contributed by atoms with van der Waals surface area (Å²) < 4.78 is 30.4. The molecule has 25 heavy (non-hydrogen) atoms. The van der Waals surface area contributed by atoms with Gasteiger partial charge in [0.05, 0.1) is 22.1 Å². The number of nitrogens with zero attached hydrogens (tertiary/aromatic N) is 2. The molecule has 0 saturated heterocycles. The lowest BCUT2D eigenvalue weighted by molar-refractivity contribution is 0.601. The molecule has 0 unspecified atom stereocenters. The minimum atomic E-state index is -3.60. The standard InChI is InChI=1S/C18H18BrN3O2S/c1-2-14-6-8-18(9-7-14)25(23,24)21-17-5-3-4-15(10-17)12-22-13-16(19)11-20-22/h3-11,13,21H,2,12H2,1H3. The van der Waals surface area contributed by atoms with Gasteiger partial charge in [-0.1, -0.05) is 31.2 Å². The van der Waals surface area contributed by atoms with Gasteiger partial charge in [0, 0.05) is 11.9 Å². The van der Waals surface area contributed by atoms with Crippen LogP contribution in [0.25, 0.3) is 0 Å². The van der Waals surface area contributed by atoms with E-state index in [2.05, 4.69) is 25.8 Å². The molecule has 7 heteroatoms. The van der Waals surface area contributed by atoms with E-state index in [0.29, 0.717) is 12.2 Å². The van der Waals surface area contributed by atoms with E-state index in [-0.39, 0.29) is 4.90 Å². The smallest absolute Gasteiger partial charge is 0.261 e. The summed E-state index contributed by atoms with van der Waals surface area (Å²) in [6.45, 7) is 2.60. The highest BCUT2D eigenvalue weighted by molar-refractivity contribution is 9.10. The third-order valence-corrected chi connectivity index (χ3v) is 5.57. The number of aryl methyl sites for hydroxylation is 1. The number of benzene rings is 2. The maximum atomic E-state index is 12.5. The van der Waals surface area contributed by atoms with Crippen molar-refractivity contribution < 1.29 is 8.42 Å². The molecule has 130 valence electrons. The second-order valence-corrected chi connectivity index (χ2v) is 8.26. The quantitative estimate of drug-likeness (QED) is 0.654. The highest BCUT2D eigenvalue weighted by Gasteiger charge is 2.14. The zero-order valence-corrected chi connectivity index (χ0v) is 16.1. The van der Waals surface area contributed by atoms with E-state index in [0.717, 1.165) is 22.0 Å². The Bertz CT molecular complexity index is 966. The summed E-state index contributed by atoms with van der Waals surface area (Å²) in [7, 11) is -3.60. The summed E-state index contributed by atoms with van der Waals surface area (Å²) in [5.41, 5.74) is 2.59. The van der Waals surface area contributed by atoms with E-state index in [4.69, 9.17) is 0 Å². The van der Waals surface area contributed by atoms with Crippen molar-refractivity contribution >= 4 is 31.6 Å². The highest BCUT2D eigenvalue weighted by Crippen LogP contribution is 2.19. The molecule has 0 amide bonds. The minimum Gasteiger partial charge on any atom is -0.280 e. The second kappa shape index (κ2) is 7.41. The maximum Gasteiger partial charge on any atom is 0.261 e. The van der Waals surface area contributed by atoms with Gasteiger partial charge in [0.25, 0.3) is 10.0 Å². The zero-order chi connectivity index (χ0) is 17.9. The first-order valence-corrected chi connectivity index (χ1v) is 10.1. The maximum absolute atomic E-state index is 12.5. The number of aromatic nitrogens is 2. The number of rotatable bonds is 6. The normalized spacial score (nSPS) is 11.4. The molecule has 0 saturated carbocycles. The lowest BCUT2D eigenvalue weighted by atomic mass is 10.2. The zero-order valence-electron chi connectivity index (χ0n) is 13.7. The molecule has 0 fully saturated rings. The van der Waals surface area contributed by atoms with Crippen molar-refractivity contribution in [2.75, 3.05) is 4.72 Å². The molecule has 1 N–H and O–H groups in total. The second-order valence-electron chi connectivity index (χ2n) is 5.66. The van der Waals surface area contributed by atoms with Crippen molar-refractivity contribution in [1.82, 2.24) is 9.78 Å². The van der Waals surface area contributed by atoms with Crippen LogP contribution in [0.1, 0.15) is 18.1 Å². The molecule has 3 aromatic rings. The fraction of sp³-hybridized carbons (Fsp3) is 0.167. The Balaban J connectivity index is 1.78. The highest BCUT2D eigenvalue weighted by atomic mass is 79.9. The molecule has 3 rings (SSSR count). The average molecular weight is 420 g/mol. The van der Waals surface area contributed by atoms with Crippen LogP contribution in [0.2, 0.25) is 0 Å². The van der Waals surface area contributed by atoms with Crippen LogP contribution in [0.4, 0.5) is 5.69 Å². The third-order valence-electron chi connectivity index (χ3n) is 3.77. The monoisotopic (exact) mass is 419 g/mol. The van der Waals surface area contributed by atoms with Gasteiger partial charge in [-0.2, -0.15) is 5.10 Å². The van der Waals surface area contributed by atoms with Crippen molar-refractivity contribution in [1.29, 1.82) is 0 Å². The van der Waals surface area contributed by atoms with Gasteiger partial charge in [-0.3, -0.25) is 9.40 Å². The number of hydrogen-bond donors (Lipinski definition) is 1. The molecule has 0 bridgehead atoms. The van der Waals surface area contributed by atoms with E-state index in [1.807, 2.05) is 43.5 Å². The lowest BCUT2D eigenvalue weighted by Gasteiger charge is -2.10. The topological polar surface area (TPSA) is 64.0 Å². The summed E-state index contributed by atoms with van der Waals surface area (Å²) in [6, 6.07) is 14.2. The Morgan fingerprint density at radius 2 is 1.88 bits per heavy atom. The van der Waals surface area contributed by atoms with Crippen LogP contribution in [-0.4, -0.2) is 18.2 Å². The van der Waals surface area contributed by atoms with Crippen LogP contribution >= 0.6 is 15.9 Å². The van der Waals surface area contributed by atoms with Crippen LogP contribution in [0.15, 0.2) is 70.3 Å². The molecule has 0 aliphatic carbocycles.